The van der Waals surface area contributed by atoms with E-state index in [-0.39, 0.29) is 19.1 Å². The first-order chi connectivity index (χ1) is 9.65. The number of rotatable bonds is 2. The fraction of sp³-hybridized carbons (Fsp3) is 0.214. The quantitative estimate of drug-likeness (QED) is 0.872. The highest BCUT2D eigenvalue weighted by Gasteiger charge is 2.35. The van der Waals surface area contributed by atoms with Crippen LogP contribution in [0.1, 0.15) is 0 Å². The topological polar surface area (TPSA) is 82.5 Å². The Kier molecular flexibility index (Phi) is 2.98. The monoisotopic (exact) mass is 271 g/mol. The summed E-state index contributed by atoms with van der Waals surface area (Å²) in [5, 5.41) is 13.5. The van der Waals surface area contributed by atoms with Crippen molar-refractivity contribution in [3.05, 3.63) is 36.7 Å². The predicted molar refractivity (Wildman–Crippen MR) is 73.5 cm³/mol. The van der Waals surface area contributed by atoms with Gasteiger partial charge in [-0.05, 0) is 12.1 Å². The van der Waals surface area contributed by atoms with Gasteiger partial charge in [0.25, 0.3) is 0 Å². The third-order valence-electron chi connectivity index (χ3n) is 3.44. The number of anilines is 1. The second-order valence-electron chi connectivity index (χ2n) is 4.77. The van der Waals surface area contributed by atoms with E-state index in [0.29, 0.717) is 5.69 Å². The van der Waals surface area contributed by atoms with Crippen molar-refractivity contribution >= 4 is 28.5 Å². The molecule has 1 fully saturated rings. The number of urea groups is 1. The number of carboxylic acids is 1. The number of aliphatic carboxylic acids is 1. The first-order valence-corrected chi connectivity index (χ1v) is 6.26. The highest BCUT2D eigenvalue weighted by Crippen LogP contribution is 2.24. The molecule has 3 rings (SSSR count). The molecule has 0 radical (unpaired) electrons. The van der Waals surface area contributed by atoms with Crippen molar-refractivity contribution in [1.82, 2.24) is 9.88 Å². The van der Waals surface area contributed by atoms with Crippen LogP contribution >= 0.6 is 0 Å². The fourth-order valence-corrected chi connectivity index (χ4v) is 2.23. The number of carbonyl (C=O) groups is 2. The maximum atomic E-state index is 12.0. The normalized spacial score (nSPS) is 14.9. The Balaban J connectivity index is 1.74. The molecule has 2 aromatic rings. The van der Waals surface area contributed by atoms with E-state index in [0.717, 1.165) is 10.8 Å². The molecule has 0 bridgehead atoms. The predicted octanol–water partition coefficient (Wildman–Crippen LogP) is 1.78. The Bertz CT molecular complexity index is 675. The van der Waals surface area contributed by atoms with Crippen molar-refractivity contribution < 1.29 is 14.7 Å². The van der Waals surface area contributed by atoms with Crippen molar-refractivity contribution in [3.8, 4) is 0 Å². The second kappa shape index (κ2) is 4.80. The molecule has 2 amide bonds. The van der Waals surface area contributed by atoms with Crippen molar-refractivity contribution in [3.63, 3.8) is 0 Å². The van der Waals surface area contributed by atoms with E-state index in [9.17, 15) is 9.59 Å². The maximum Gasteiger partial charge on any atom is 0.321 e. The number of fused-ring (bicyclic) bond motifs is 1. The summed E-state index contributed by atoms with van der Waals surface area (Å²) in [6.07, 6.45) is 3.40. The minimum atomic E-state index is -0.856. The minimum Gasteiger partial charge on any atom is -0.481 e. The van der Waals surface area contributed by atoms with E-state index < -0.39 is 11.9 Å². The number of hydrogen-bond acceptors (Lipinski definition) is 3. The highest BCUT2D eigenvalue weighted by atomic mass is 16.4. The summed E-state index contributed by atoms with van der Waals surface area (Å²) < 4.78 is 0. The van der Waals surface area contributed by atoms with Gasteiger partial charge < -0.3 is 15.3 Å². The van der Waals surface area contributed by atoms with Gasteiger partial charge in [-0.15, -0.1) is 0 Å². The van der Waals surface area contributed by atoms with E-state index >= 15 is 0 Å². The number of aromatic nitrogens is 1. The Morgan fingerprint density at radius 2 is 2.10 bits per heavy atom. The van der Waals surface area contributed by atoms with Gasteiger partial charge in [0, 0.05) is 36.3 Å². The lowest BCUT2D eigenvalue weighted by atomic mass is 10.0. The molecule has 0 aliphatic carbocycles. The third-order valence-corrected chi connectivity index (χ3v) is 3.44. The van der Waals surface area contributed by atoms with Crippen molar-refractivity contribution in [2.75, 3.05) is 18.4 Å². The molecule has 2 N–H and O–H groups in total. The molecule has 1 aromatic carbocycles. The van der Waals surface area contributed by atoms with Crippen LogP contribution in [-0.2, 0) is 4.79 Å². The van der Waals surface area contributed by atoms with Crippen molar-refractivity contribution in [1.29, 1.82) is 0 Å². The van der Waals surface area contributed by atoms with Crippen LogP contribution in [-0.4, -0.2) is 40.1 Å². The van der Waals surface area contributed by atoms with Crippen LogP contribution in [0.15, 0.2) is 36.7 Å². The molecular formula is C14H13N3O3. The lowest BCUT2D eigenvalue weighted by Crippen LogP contribution is -2.54. The van der Waals surface area contributed by atoms with Crippen LogP contribution in [0, 0.1) is 5.92 Å². The molecule has 6 heteroatoms. The van der Waals surface area contributed by atoms with Gasteiger partial charge in [0.1, 0.15) is 0 Å². The van der Waals surface area contributed by atoms with E-state index in [4.69, 9.17) is 5.11 Å². The number of carboxylic acid groups (broad SMARTS) is 1. The van der Waals surface area contributed by atoms with Gasteiger partial charge >= 0.3 is 12.0 Å². The Morgan fingerprint density at radius 1 is 1.30 bits per heavy atom. The molecule has 0 unspecified atom stereocenters. The van der Waals surface area contributed by atoms with Crippen molar-refractivity contribution in [2.24, 2.45) is 5.92 Å². The highest BCUT2D eigenvalue weighted by molar-refractivity contribution is 6.01. The van der Waals surface area contributed by atoms with Gasteiger partial charge in [0.05, 0.1) is 11.6 Å². The molecule has 2 heterocycles. The van der Waals surface area contributed by atoms with Crippen LogP contribution in [0.3, 0.4) is 0 Å². The van der Waals surface area contributed by atoms with Gasteiger partial charge in [0.2, 0.25) is 0 Å². The van der Waals surface area contributed by atoms with Crippen LogP contribution in [0.2, 0.25) is 0 Å². The number of amides is 2. The van der Waals surface area contributed by atoms with E-state index in [1.54, 1.807) is 12.4 Å². The van der Waals surface area contributed by atoms with E-state index in [1.165, 1.54) is 4.90 Å². The lowest BCUT2D eigenvalue weighted by molar-refractivity contribution is -0.145. The molecule has 6 nitrogen and oxygen atoms in total. The fourth-order valence-electron chi connectivity index (χ4n) is 2.23. The SMILES string of the molecule is O=C(O)C1CN(C(=O)Nc2cccc3cnccc23)C1. The maximum absolute atomic E-state index is 12.0. The molecule has 1 aromatic heterocycles. The third kappa shape index (κ3) is 2.16. The number of hydrogen-bond donors (Lipinski definition) is 2. The van der Waals surface area contributed by atoms with Crippen LogP contribution in [0.5, 0.6) is 0 Å². The number of pyridine rings is 1. The van der Waals surface area contributed by atoms with Crippen LogP contribution < -0.4 is 5.32 Å². The standard InChI is InChI=1S/C14H13N3O3/c18-13(19)10-7-17(8-10)14(20)16-12-3-1-2-9-6-15-5-4-11(9)12/h1-6,10H,7-8H2,(H,16,20)(H,18,19). The second-order valence-corrected chi connectivity index (χ2v) is 4.77. The zero-order valence-corrected chi connectivity index (χ0v) is 10.6. The molecule has 20 heavy (non-hydrogen) atoms. The number of nitrogens with zero attached hydrogens (tertiary/aromatic N) is 2. The van der Waals surface area contributed by atoms with E-state index in [2.05, 4.69) is 10.3 Å². The van der Waals surface area contributed by atoms with Gasteiger partial charge in [-0.25, -0.2) is 4.79 Å². The number of likely N-dealkylation sites (tertiary alicyclic amines) is 1. The molecule has 1 aliphatic rings. The molecule has 1 saturated heterocycles. The summed E-state index contributed by atoms with van der Waals surface area (Å²) in [4.78, 5) is 28.3. The van der Waals surface area contributed by atoms with Gasteiger partial charge in [-0.3, -0.25) is 9.78 Å². The molecule has 0 spiro atoms. The largest absolute Gasteiger partial charge is 0.481 e. The molecular weight excluding hydrogens is 258 g/mol. The Labute approximate surface area is 115 Å². The number of carbonyl (C=O) groups excluding carboxylic acids is 1. The van der Waals surface area contributed by atoms with Gasteiger partial charge in [-0.1, -0.05) is 12.1 Å². The summed E-state index contributed by atoms with van der Waals surface area (Å²) in [7, 11) is 0. The van der Waals surface area contributed by atoms with Gasteiger partial charge in [-0.2, -0.15) is 0 Å². The number of benzene rings is 1. The average Bonchev–Trinajstić information content (AvgIpc) is 2.37. The molecule has 1 aliphatic heterocycles. The minimum absolute atomic E-state index is 0.257. The van der Waals surface area contributed by atoms with Gasteiger partial charge in [0.15, 0.2) is 0 Å². The van der Waals surface area contributed by atoms with Crippen LogP contribution in [0.4, 0.5) is 10.5 Å². The van der Waals surface area contributed by atoms with Crippen LogP contribution in [0.25, 0.3) is 10.8 Å². The summed E-state index contributed by atoms with van der Waals surface area (Å²) in [6.45, 7) is 0.515. The average molecular weight is 271 g/mol. The van der Waals surface area contributed by atoms with E-state index in [1.807, 2.05) is 24.3 Å². The first-order valence-electron chi connectivity index (χ1n) is 6.26. The summed E-state index contributed by atoms with van der Waals surface area (Å²) >= 11 is 0. The lowest BCUT2D eigenvalue weighted by Gasteiger charge is -2.36. The molecule has 0 saturated carbocycles. The summed E-state index contributed by atoms with van der Waals surface area (Å²) in [5.41, 5.74) is 0.702. The smallest absolute Gasteiger partial charge is 0.321 e. The summed E-state index contributed by atoms with van der Waals surface area (Å²) in [5.74, 6) is -1.30. The number of nitrogens with one attached hydrogen (secondary N) is 1. The molecule has 102 valence electrons. The van der Waals surface area contributed by atoms with Crippen molar-refractivity contribution in [2.45, 2.75) is 0 Å². The zero-order chi connectivity index (χ0) is 14.1. The summed E-state index contributed by atoms with van der Waals surface area (Å²) in [6, 6.07) is 7.14. The Hall–Kier alpha value is -2.63. The zero-order valence-electron chi connectivity index (χ0n) is 10.6. The molecule has 0 atom stereocenters. The Morgan fingerprint density at radius 3 is 2.85 bits per heavy atom. The first kappa shape index (κ1) is 12.4.